The lowest BCUT2D eigenvalue weighted by Crippen LogP contribution is -2.32. The number of hydrogen-bond donors (Lipinski definition) is 1. The third-order valence-corrected chi connectivity index (χ3v) is 4.07. The fraction of sp³-hybridized carbons (Fsp3) is 0.667. The van der Waals surface area contributed by atoms with Crippen LogP contribution in [0.4, 0.5) is 0 Å². The molecular weight excluding hydrogens is 224 g/mol. The number of rotatable bonds is 4. The van der Waals surface area contributed by atoms with Crippen LogP contribution in [0.2, 0.25) is 0 Å². The molecule has 0 amide bonds. The Balaban J connectivity index is 2.18. The molecule has 0 bridgehead atoms. The van der Waals surface area contributed by atoms with E-state index < -0.39 is 0 Å². The van der Waals surface area contributed by atoms with Crippen LogP contribution in [0.1, 0.15) is 49.4 Å². The summed E-state index contributed by atoms with van der Waals surface area (Å²) in [5.41, 5.74) is 3.30. The Kier molecular flexibility index (Phi) is 4.23. The topological polar surface area (TPSA) is 34.0 Å². The molecule has 1 heterocycles. The number of nitrogens with one attached hydrogen (secondary N) is 1. The van der Waals surface area contributed by atoms with Crippen LogP contribution in [0.25, 0.3) is 0 Å². The third-order valence-electron chi connectivity index (χ3n) is 4.07. The largest absolute Gasteiger partial charge is 0.313 e. The Labute approximate surface area is 109 Å². The zero-order chi connectivity index (χ0) is 13.1. The maximum absolute atomic E-state index is 12.4. The molecule has 1 saturated carbocycles. The van der Waals surface area contributed by atoms with E-state index in [9.17, 15) is 4.79 Å². The van der Waals surface area contributed by atoms with Crippen LogP contribution in [-0.4, -0.2) is 10.6 Å². The van der Waals surface area contributed by atoms with Gasteiger partial charge in [0, 0.05) is 30.4 Å². The van der Waals surface area contributed by atoms with Crippen molar-refractivity contribution in [1.82, 2.24) is 9.88 Å². The second-order valence-electron chi connectivity index (χ2n) is 5.36. The van der Waals surface area contributed by atoms with Gasteiger partial charge >= 0.3 is 0 Å². The predicted octanol–water partition coefficient (Wildman–Crippen LogP) is 2.52. The highest BCUT2D eigenvalue weighted by atomic mass is 16.1. The summed E-state index contributed by atoms with van der Waals surface area (Å²) in [6, 6.07) is 2.73. The van der Waals surface area contributed by atoms with E-state index >= 15 is 0 Å². The van der Waals surface area contributed by atoms with Crippen molar-refractivity contribution in [2.24, 2.45) is 0 Å². The van der Waals surface area contributed by atoms with Crippen molar-refractivity contribution >= 4 is 0 Å². The number of aromatic nitrogens is 1. The van der Waals surface area contributed by atoms with Crippen LogP contribution in [0.3, 0.4) is 0 Å². The van der Waals surface area contributed by atoms with E-state index in [2.05, 4.69) is 11.4 Å². The molecule has 0 spiro atoms. The molecule has 18 heavy (non-hydrogen) atoms. The molecule has 0 unspecified atom stereocenters. The molecule has 1 fully saturated rings. The summed E-state index contributed by atoms with van der Waals surface area (Å²) in [7, 11) is 0. The molecule has 0 aromatic carbocycles. The van der Waals surface area contributed by atoms with Gasteiger partial charge in [0.2, 0.25) is 0 Å². The maximum Gasteiger partial charge on any atom is 0.255 e. The van der Waals surface area contributed by atoms with Gasteiger partial charge in [-0.1, -0.05) is 12.8 Å². The number of aryl methyl sites for hydroxylation is 2. The molecule has 0 saturated heterocycles. The molecule has 1 aliphatic carbocycles. The summed E-state index contributed by atoms with van der Waals surface area (Å²) in [5.74, 6) is 0. The highest BCUT2D eigenvalue weighted by Crippen LogP contribution is 2.18. The number of nitrogens with zero attached hydrogens (tertiary/aromatic N) is 1. The van der Waals surface area contributed by atoms with Gasteiger partial charge in [0.15, 0.2) is 0 Å². The van der Waals surface area contributed by atoms with Crippen molar-refractivity contribution in [1.29, 1.82) is 0 Å². The molecule has 0 aliphatic heterocycles. The van der Waals surface area contributed by atoms with Crippen molar-refractivity contribution in [2.45, 2.75) is 65.6 Å². The van der Waals surface area contributed by atoms with Gasteiger partial charge in [-0.15, -0.1) is 0 Å². The first kappa shape index (κ1) is 13.3. The van der Waals surface area contributed by atoms with Crippen LogP contribution in [0, 0.1) is 13.8 Å². The summed E-state index contributed by atoms with van der Waals surface area (Å²) in [5, 5.41) is 3.54. The highest BCUT2D eigenvalue weighted by Gasteiger charge is 2.16. The van der Waals surface area contributed by atoms with Crippen molar-refractivity contribution in [3.63, 3.8) is 0 Å². The Hall–Kier alpha value is -1.09. The van der Waals surface area contributed by atoms with E-state index in [0.717, 1.165) is 29.9 Å². The highest BCUT2D eigenvalue weighted by molar-refractivity contribution is 5.26. The Morgan fingerprint density at radius 2 is 2.00 bits per heavy atom. The summed E-state index contributed by atoms with van der Waals surface area (Å²) in [6.45, 7) is 7.54. The Bertz CT molecular complexity index is 470. The van der Waals surface area contributed by atoms with E-state index in [0.29, 0.717) is 6.04 Å². The quantitative estimate of drug-likeness (QED) is 0.888. The van der Waals surface area contributed by atoms with Gasteiger partial charge < -0.3 is 9.88 Å². The van der Waals surface area contributed by atoms with Crippen LogP contribution < -0.4 is 10.9 Å². The molecule has 1 aromatic heterocycles. The van der Waals surface area contributed by atoms with Gasteiger partial charge in [-0.3, -0.25) is 4.79 Å². The van der Waals surface area contributed by atoms with Crippen molar-refractivity contribution in [2.75, 3.05) is 0 Å². The predicted molar refractivity (Wildman–Crippen MR) is 74.9 cm³/mol. The third kappa shape index (κ3) is 2.66. The first-order valence-corrected chi connectivity index (χ1v) is 7.06. The van der Waals surface area contributed by atoms with E-state index in [4.69, 9.17) is 0 Å². The Morgan fingerprint density at radius 3 is 2.61 bits per heavy atom. The second-order valence-corrected chi connectivity index (χ2v) is 5.36. The average Bonchev–Trinajstić information content (AvgIpc) is 2.81. The number of pyridine rings is 1. The average molecular weight is 248 g/mol. The minimum absolute atomic E-state index is 0.181. The zero-order valence-corrected chi connectivity index (χ0v) is 11.8. The van der Waals surface area contributed by atoms with Crippen LogP contribution >= 0.6 is 0 Å². The zero-order valence-electron chi connectivity index (χ0n) is 11.8. The van der Waals surface area contributed by atoms with Crippen LogP contribution in [0.15, 0.2) is 10.9 Å². The fourth-order valence-electron chi connectivity index (χ4n) is 2.95. The van der Waals surface area contributed by atoms with E-state index in [1.54, 1.807) is 0 Å². The smallest absolute Gasteiger partial charge is 0.255 e. The lowest BCUT2D eigenvalue weighted by atomic mass is 10.1. The second kappa shape index (κ2) is 5.70. The normalized spacial score (nSPS) is 16.4. The molecule has 2 rings (SSSR count). The number of hydrogen-bond acceptors (Lipinski definition) is 2. The first-order chi connectivity index (χ1) is 8.63. The van der Waals surface area contributed by atoms with E-state index in [1.165, 1.54) is 25.7 Å². The van der Waals surface area contributed by atoms with Crippen LogP contribution in [-0.2, 0) is 13.1 Å². The summed E-state index contributed by atoms with van der Waals surface area (Å²) < 4.78 is 1.86. The molecule has 3 heteroatoms. The van der Waals surface area contributed by atoms with Gasteiger partial charge in [-0.25, -0.2) is 0 Å². The summed E-state index contributed by atoms with van der Waals surface area (Å²) >= 11 is 0. The van der Waals surface area contributed by atoms with Gasteiger partial charge in [0.25, 0.3) is 5.56 Å². The van der Waals surface area contributed by atoms with Crippen molar-refractivity contribution in [3.8, 4) is 0 Å². The monoisotopic (exact) mass is 248 g/mol. The molecule has 0 atom stereocenters. The van der Waals surface area contributed by atoms with Gasteiger partial charge in [0.05, 0.1) is 0 Å². The van der Waals surface area contributed by atoms with E-state index in [-0.39, 0.29) is 5.56 Å². The molecule has 1 aliphatic rings. The first-order valence-electron chi connectivity index (χ1n) is 7.06. The molecule has 100 valence electrons. The molecule has 1 N–H and O–H groups in total. The maximum atomic E-state index is 12.4. The molecule has 3 nitrogen and oxygen atoms in total. The Morgan fingerprint density at radius 1 is 1.33 bits per heavy atom. The van der Waals surface area contributed by atoms with Gasteiger partial charge in [-0.2, -0.15) is 0 Å². The summed E-state index contributed by atoms with van der Waals surface area (Å²) in [6.07, 6.45) is 5.16. The lowest BCUT2D eigenvalue weighted by Gasteiger charge is -2.16. The summed E-state index contributed by atoms with van der Waals surface area (Å²) in [4.78, 5) is 12.4. The van der Waals surface area contributed by atoms with Crippen molar-refractivity contribution < 1.29 is 0 Å². The lowest BCUT2D eigenvalue weighted by molar-refractivity contribution is 0.518. The van der Waals surface area contributed by atoms with E-state index in [1.807, 2.05) is 25.3 Å². The fourth-order valence-corrected chi connectivity index (χ4v) is 2.95. The van der Waals surface area contributed by atoms with Crippen LogP contribution in [0.5, 0.6) is 0 Å². The standard InChI is InChI=1S/C15H24N2O/c1-4-17-12(3)9-11(2)14(15(17)18)10-16-13-7-5-6-8-13/h9,13,16H,4-8,10H2,1-3H3. The van der Waals surface area contributed by atoms with Gasteiger partial charge in [-0.05, 0) is 45.2 Å². The SMILES string of the molecule is CCn1c(C)cc(C)c(CNC2CCCC2)c1=O. The van der Waals surface area contributed by atoms with Crippen molar-refractivity contribution in [3.05, 3.63) is 33.2 Å². The van der Waals surface area contributed by atoms with Gasteiger partial charge in [0.1, 0.15) is 0 Å². The molecular formula is C15H24N2O. The molecule has 0 radical (unpaired) electrons. The minimum Gasteiger partial charge on any atom is -0.313 e. The molecule has 1 aromatic rings. The minimum atomic E-state index is 0.181.